The Hall–Kier alpha value is -2.49. The van der Waals surface area contributed by atoms with Gasteiger partial charge in [-0.15, -0.1) is 5.10 Å². The van der Waals surface area contributed by atoms with Crippen LogP contribution in [0.1, 0.15) is 36.3 Å². The molecule has 1 saturated carbocycles. The number of aromatic nitrogens is 1. The first-order valence-corrected chi connectivity index (χ1v) is 10.2. The predicted molar refractivity (Wildman–Crippen MR) is 117 cm³/mol. The fraction of sp³-hybridized carbons (Fsp3) is 0.350. The summed E-state index contributed by atoms with van der Waals surface area (Å²) in [6.45, 7) is 0. The normalized spacial score (nSPS) is 19.2. The molecule has 7 nitrogen and oxygen atoms in total. The van der Waals surface area contributed by atoms with Crippen molar-refractivity contribution in [1.82, 2.24) is 10.1 Å². The standard InChI is InChI=1S/C20H22Cl2F2N6O/c1-30(26)29-18(25)12-4-2-11(3-5-12)17(13-6-7-20(23,24)10-13)19(31)27-14-8-15(21)28-16(22)9-14/h2-5,8-9,13,17H,6-7,10,26H2,1H3,(H2,25,29)(H,27,28,31). The second-order valence-corrected chi connectivity index (χ2v) is 8.28. The number of pyridine rings is 1. The van der Waals surface area contributed by atoms with Gasteiger partial charge in [-0.1, -0.05) is 47.5 Å². The van der Waals surface area contributed by atoms with Crippen molar-refractivity contribution in [3.8, 4) is 0 Å². The van der Waals surface area contributed by atoms with Crippen LogP contribution in [0.5, 0.6) is 0 Å². The summed E-state index contributed by atoms with van der Waals surface area (Å²) >= 11 is 11.8. The van der Waals surface area contributed by atoms with E-state index in [-0.39, 0.29) is 35.4 Å². The number of benzene rings is 1. The van der Waals surface area contributed by atoms with Crippen LogP contribution in [-0.4, -0.2) is 34.8 Å². The van der Waals surface area contributed by atoms with Crippen LogP contribution in [0.2, 0.25) is 10.3 Å². The highest BCUT2D eigenvalue weighted by Gasteiger charge is 2.45. The fourth-order valence-electron chi connectivity index (χ4n) is 3.75. The first kappa shape index (κ1) is 23.2. The average Bonchev–Trinajstić information content (AvgIpc) is 3.00. The number of nitrogens with one attached hydrogen (secondary N) is 1. The van der Waals surface area contributed by atoms with E-state index in [9.17, 15) is 13.6 Å². The molecule has 1 aromatic carbocycles. The van der Waals surface area contributed by atoms with Gasteiger partial charge >= 0.3 is 0 Å². The lowest BCUT2D eigenvalue weighted by Gasteiger charge is -2.24. The van der Waals surface area contributed by atoms with Gasteiger partial charge in [0.1, 0.15) is 10.3 Å². The average molecular weight is 471 g/mol. The second-order valence-electron chi connectivity index (χ2n) is 7.51. The molecule has 31 heavy (non-hydrogen) atoms. The minimum atomic E-state index is -2.80. The third-order valence-corrected chi connectivity index (χ3v) is 5.44. The van der Waals surface area contributed by atoms with Crippen molar-refractivity contribution in [3.63, 3.8) is 0 Å². The molecule has 1 fully saturated rings. The first-order chi connectivity index (χ1) is 14.5. The van der Waals surface area contributed by atoms with Gasteiger partial charge in [-0.05, 0) is 30.0 Å². The fourth-order valence-corrected chi connectivity index (χ4v) is 4.21. The third kappa shape index (κ3) is 6.03. The number of alkyl halides is 2. The lowest BCUT2D eigenvalue weighted by molar-refractivity contribution is -0.118. The molecule has 0 spiro atoms. The van der Waals surface area contributed by atoms with Crippen molar-refractivity contribution < 1.29 is 13.6 Å². The quantitative estimate of drug-likeness (QED) is 0.194. The maximum absolute atomic E-state index is 13.9. The highest BCUT2D eigenvalue weighted by atomic mass is 35.5. The first-order valence-electron chi connectivity index (χ1n) is 9.49. The highest BCUT2D eigenvalue weighted by molar-refractivity contribution is 6.33. The third-order valence-electron chi connectivity index (χ3n) is 5.06. The zero-order chi connectivity index (χ0) is 22.8. The molecule has 3 rings (SSSR count). The molecule has 1 aliphatic carbocycles. The number of nitrogens with two attached hydrogens (primary N) is 2. The maximum Gasteiger partial charge on any atom is 0.248 e. The molecule has 11 heteroatoms. The van der Waals surface area contributed by atoms with Crippen LogP contribution in [-0.2, 0) is 4.79 Å². The number of halogens is 4. The number of hydrazine groups is 1. The zero-order valence-electron chi connectivity index (χ0n) is 16.7. The molecule has 1 amide bonds. The summed E-state index contributed by atoms with van der Waals surface area (Å²) < 4.78 is 27.9. The molecular weight excluding hydrogens is 449 g/mol. The van der Waals surface area contributed by atoms with Gasteiger partial charge < -0.3 is 11.1 Å². The number of amides is 1. The van der Waals surface area contributed by atoms with Crippen molar-refractivity contribution in [2.45, 2.75) is 31.1 Å². The Morgan fingerprint density at radius 1 is 1.29 bits per heavy atom. The lowest BCUT2D eigenvalue weighted by Crippen LogP contribution is -2.28. The SMILES string of the molecule is CN(N)/N=C(\N)c1ccc(C(C(=O)Nc2cc(Cl)nc(Cl)c2)C2CCC(F)(F)C2)cc1. The molecule has 166 valence electrons. The van der Waals surface area contributed by atoms with E-state index in [1.807, 2.05) is 0 Å². The summed E-state index contributed by atoms with van der Waals surface area (Å²) in [4.78, 5) is 17.0. The Bertz CT molecular complexity index is 964. The van der Waals surface area contributed by atoms with Gasteiger partial charge in [0.25, 0.3) is 0 Å². The van der Waals surface area contributed by atoms with Crippen LogP contribution in [0.25, 0.3) is 0 Å². The van der Waals surface area contributed by atoms with Crippen molar-refractivity contribution in [1.29, 1.82) is 0 Å². The van der Waals surface area contributed by atoms with Crippen molar-refractivity contribution in [2.24, 2.45) is 22.6 Å². The Kier molecular flexibility index (Phi) is 6.98. The van der Waals surface area contributed by atoms with E-state index in [4.69, 9.17) is 34.8 Å². The molecule has 0 aliphatic heterocycles. The van der Waals surface area contributed by atoms with E-state index in [0.717, 1.165) is 5.12 Å². The number of hydrazone groups is 1. The number of carbonyl (C=O) groups excluding carboxylic acids is 1. The van der Waals surface area contributed by atoms with E-state index in [1.165, 1.54) is 19.2 Å². The van der Waals surface area contributed by atoms with Gasteiger partial charge in [0.15, 0.2) is 5.84 Å². The number of hydrogen-bond donors (Lipinski definition) is 3. The van der Waals surface area contributed by atoms with Gasteiger partial charge in [0, 0.05) is 31.1 Å². The summed E-state index contributed by atoms with van der Waals surface area (Å²) in [7, 11) is 1.53. The Labute approximate surface area is 188 Å². The molecule has 1 aliphatic rings. The van der Waals surface area contributed by atoms with Gasteiger partial charge in [-0.3, -0.25) is 4.79 Å². The van der Waals surface area contributed by atoms with Crippen molar-refractivity contribution in [3.05, 3.63) is 57.8 Å². The summed E-state index contributed by atoms with van der Waals surface area (Å²) in [5.74, 6) is 1.09. The number of anilines is 1. The van der Waals surface area contributed by atoms with Gasteiger partial charge in [0.05, 0.1) is 5.92 Å². The monoisotopic (exact) mass is 470 g/mol. The number of amidine groups is 1. The molecule has 0 radical (unpaired) electrons. The van der Waals surface area contributed by atoms with Gasteiger partial charge in [-0.2, -0.15) is 0 Å². The smallest absolute Gasteiger partial charge is 0.248 e. The highest BCUT2D eigenvalue weighted by Crippen LogP contribution is 2.45. The molecule has 2 unspecified atom stereocenters. The van der Waals surface area contributed by atoms with Crippen LogP contribution < -0.4 is 16.9 Å². The van der Waals surface area contributed by atoms with Crippen LogP contribution in [0.4, 0.5) is 14.5 Å². The maximum atomic E-state index is 13.9. The zero-order valence-corrected chi connectivity index (χ0v) is 18.2. The molecule has 0 bridgehead atoms. The molecule has 5 N–H and O–H groups in total. The summed E-state index contributed by atoms with van der Waals surface area (Å²) in [5.41, 5.74) is 7.40. The van der Waals surface area contributed by atoms with Crippen LogP contribution in [0.15, 0.2) is 41.5 Å². The Morgan fingerprint density at radius 3 is 2.42 bits per heavy atom. The van der Waals surface area contributed by atoms with E-state index in [2.05, 4.69) is 15.4 Å². The number of rotatable bonds is 6. The minimum Gasteiger partial charge on any atom is -0.382 e. The summed E-state index contributed by atoms with van der Waals surface area (Å²) in [6, 6.07) is 9.59. The van der Waals surface area contributed by atoms with E-state index < -0.39 is 23.7 Å². The predicted octanol–water partition coefficient (Wildman–Crippen LogP) is 3.97. The van der Waals surface area contributed by atoms with Crippen LogP contribution in [0, 0.1) is 5.92 Å². The lowest BCUT2D eigenvalue weighted by atomic mass is 9.83. The van der Waals surface area contributed by atoms with E-state index in [1.54, 1.807) is 24.3 Å². The number of hydrogen-bond acceptors (Lipinski definition) is 5. The topological polar surface area (TPSA) is 110 Å². The van der Waals surface area contributed by atoms with E-state index >= 15 is 0 Å². The molecule has 1 aromatic heterocycles. The number of nitrogens with zero attached hydrogens (tertiary/aromatic N) is 3. The van der Waals surface area contributed by atoms with Crippen molar-refractivity contribution >= 4 is 40.6 Å². The summed E-state index contributed by atoms with van der Waals surface area (Å²) in [6.07, 6.45) is -0.395. The largest absolute Gasteiger partial charge is 0.382 e. The summed E-state index contributed by atoms with van der Waals surface area (Å²) in [5, 5.41) is 7.94. The van der Waals surface area contributed by atoms with Crippen LogP contribution >= 0.6 is 23.2 Å². The molecule has 0 saturated heterocycles. The Morgan fingerprint density at radius 2 is 1.90 bits per heavy atom. The molecule has 2 aromatic rings. The van der Waals surface area contributed by atoms with Crippen molar-refractivity contribution in [2.75, 3.05) is 12.4 Å². The Balaban J connectivity index is 1.90. The second kappa shape index (κ2) is 9.33. The molecule has 1 heterocycles. The number of carbonyl (C=O) groups is 1. The van der Waals surface area contributed by atoms with Crippen LogP contribution in [0.3, 0.4) is 0 Å². The molecule has 2 atom stereocenters. The molecular formula is C20H22Cl2F2N6O. The minimum absolute atomic E-state index is 0.107. The van der Waals surface area contributed by atoms with E-state index in [0.29, 0.717) is 16.8 Å². The van der Waals surface area contributed by atoms with Gasteiger partial charge in [-0.25, -0.2) is 24.7 Å². The van der Waals surface area contributed by atoms with Gasteiger partial charge in [0.2, 0.25) is 11.8 Å².